The number of hydrogen-bond donors (Lipinski definition) is 1. The molecule has 1 N–H and O–H groups in total. The van der Waals surface area contributed by atoms with Crippen LogP contribution < -0.4 is 5.32 Å². The van der Waals surface area contributed by atoms with Crippen molar-refractivity contribution in [2.24, 2.45) is 0 Å². The highest BCUT2D eigenvalue weighted by molar-refractivity contribution is 7.13. The van der Waals surface area contributed by atoms with Crippen LogP contribution >= 0.6 is 11.5 Å². The third kappa shape index (κ3) is 2.61. The lowest BCUT2D eigenvalue weighted by Gasteiger charge is -2.35. The van der Waals surface area contributed by atoms with E-state index >= 15 is 0 Å². The molecule has 0 radical (unpaired) electrons. The Morgan fingerprint density at radius 1 is 1.42 bits per heavy atom. The maximum atomic E-state index is 13.0. The summed E-state index contributed by atoms with van der Waals surface area (Å²) in [5.41, 5.74) is 0.910. The Balaban J connectivity index is 1.83. The van der Waals surface area contributed by atoms with Gasteiger partial charge in [0.05, 0.1) is 16.4 Å². The first kappa shape index (κ1) is 12.9. The van der Waals surface area contributed by atoms with Crippen LogP contribution in [-0.2, 0) is 6.54 Å². The fourth-order valence-corrected chi connectivity index (χ4v) is 3.25. The van der Waals surface area contributed by atoms with Crippen molar-refractivity contribution in [1.29, 1.82) is 0 Å². The molecule has 19 heavy (non-hydrogen) atoms. The Morgan fingerprint density at radius 3 is 3.11 bits per heavy atom. The molecular formula is C13H15F2N3S. The van der Waals surface area contributed by atoms with E-state index in [1.165, 1.54) is 11.5 Å². The van der Waals surface area contributed by atoms with Gasteiger partial charge in [-0.3, -0.25) is 4.90 Å². The Bertz CT molecular complexity index is 558. The van der Waals surface area contributed by atoms with Crippen LogP contribution in [0.4, 0.5) is 8.78 Å². The second-order valence-corrected chi connectivity index (χ2v) is 5.51. The van der Waals surface area contributed by atoms with Crippen LogP contribution in [-0.4, -0.2) is 41.4 Å². The minimum Gasteiger partial charge on any atom is -0.314 e. The smallest absolute Gasteiger partial charge is 0.255 e. The van der Waals surface area contributed by atoms with Crippen molar-refractivity contribution < 1.29 is 8.78 Å². The number of benzene rings is 1. The number of nitrogens with one attached hydrogen (secondary N) is 1. The molecule has 1 aromatic carbocycles. The standard InChI is InChI=1S/C13H15F2N3S/c14-13(15)11-7-16-5-6-18(11)8-10-9-3-1-2-4-12(9)19-17-10/h1-4,11,13,16H,5-8H2. The lowest BCUT2D eigenvalue weighted by atomic mass is 10.1. The van der Waals surface area contributed by atoms with Crippen LogP contribution in [0.2, 0.25) is 0 Å². The van der Waals surface area contributed by atoms with Crippen LogP contribution in [0.25, 0.3) is 10.1 Å². The third-order valence-corrected chi connectivity index (χ3v) is 4.36. The van der Waals surface area contributed by atoms with Crippen molar-refractivity contribution in [2.75, 3.05) is 19.6 Å². The summed E-state index contributed by atoms with van der Waals surface area (Å²) in [6, 6.07) is 7.24. The Morgan fingerprint density at radius 2 is 2.26 bits per heavy atom. The summed E-state index contributed by atoms with van der Waals surface area (Å²) in [6.07, 6.45) is -2.32. The molecule has 102 valence electrons. The van der Waals surface area contributed by atoms with Gasteiger partial charge in [0.1, 0.15) is 0 Å². The molecule has 1 aromatic heterocycles. The fraction of sp³-hybridized carbons (Fsp3) is 0.462. The number of rotatable bonds is 3. The molecule has 0 amide bonds. The van der Waals surface area contributed by atoms with E-state index in [0.717, 1.165) is 22.3 Å². The Labute approximate surface area is 114 Å². The van der Waals surface area contributed by atoms with E-state index in [9.17, 15) is 8.78 Å². The largest absolute Gasteiger partial charge is 0.314 e. The zero-order chi connectivity index (χ0) is 13.2. The molecule has 0 saturated carbocycles. The summed E-state index contributed by atoms with van der Waals surface area (Å²) < 4.78 is 31.6. The maximum absolute atomic E-state index is 13.0. The average Bonchev–Trinajstić information content (AvgIpc) is 2.83. The second-order valence-electron chi connectivity index (χ2n) is 4.70. The first-order valence-electron chi connectivity index (χ1n) is 6.32. The number of piperazine rings is 1. The molecule has 3 nitrogen and oxygen atoms in total. The van der Waals surface area contributed by atoms with E-state index in [4.69, 9.17) is 0 Å². The van der Waals surface area contributed by atoms with Crippen molar-refractivity contribution in [1.82, 2.24) is 14.6 Å². The lowest BCUT2D eigenvalue weighted by molar-refractivity contribution is 0.00804. The Kier molecular flexibility index (Phi) is 3.72. The van der Waals surface area contributed by atoms with Crippen molar-refractivity contribution in [3.05, 3.63) is 30.0 Å². The van der Waals surface area contributed by atoms with E-state index in [1.54, 1.807) is 0 Å². The van der Waals surface area contributed by atoms with E-state index in [-0.39, 0.29) is 0 Å². The van der Waals surface area contributed by atoms with Crippen LogP contribution in [0, 0.1) is 0 Å². The molecule has 3 rings (SSSR count). The predicted octanol–water partition coefficient (Wildman–Crippen LogP) is 2.34. The first-order chi connectivity index (χ1) is 9.25. The van der Waals surface area contributed by atoms with Gasteiger partial charge < -0.3 is 5.32 Å². The summed E-state index contributed by atoms with van der Waals surface area (Å²) in [4.78, 5) is 1.84. The van der Waals surface area contributed by atoms with Gasteiger partial charge in [0.25, 0.3) is 6.43 Å². The van der Waals surface area contributed by atoms with Gasteiger partial charge in [0.15, 0.2) is 0 Å². The summed E-state index contributed by atoms with van der Waals surface area (Å²) in [6.45, 7) is 2.24. The topological polar surface area (TPSA) is 28.2 Å². The number of alkyl halides is 2. The van der Waals surface area contributed by atoms with Crippen molar-refractivity contribution in [2.45, 2.75) is 19.0 Å². The molecule has 2 aromatic rings. The monoisotopic (exact) mass is 283 g/mol. The number of aromatic nitrogens is 1. The number of hydrogen-bond acceptors (Lipinski definition) is 4. The van der Waals surface area contributed by atoms with Crippen LogP contribution in [0.15, 0.2) is 24.3 Å². The summed E-state index contributed by atoms with van der Waals surface area (Å²) in [5.74, 6) is 0. The molecule has 1 aliphatic heterocycles. The second kappa shape index (κ2) is 5.48. The zero-order valence-corrected chi connectivity index (χ0v) is 11.2. The van der Waals surface area contributed by atoms with Gasteiger partial charge in [-0.05, 0) is 17.6 Å². The SMILES string of the molecule is FC(F)C1CNCCN1Cc1nsc2ccccc12. The minimum absolute atomic E-state index is 0.347. The normalized spacial score (nSPS) is 21.3. The van der Waals surface area contributed by atoms with Gasteiger partial charge in [0, 0.05) is 31.6 Å². The number of fused-ring (bicyclic) bond motifs is 1. The zero-order valence-electron chi connectivity index (χ0n) is 10.4. The fourth-order valence-electron chi connectivity index (χ4n) is 2.46. The predicted molar refractivity (Wildman–Crippen MR) is 72.7 cm³/mol. The molecular weight excluding hydrogens is 268 g/mol. The van der Waals surface area contributed by atoms with Crippen molar-refractivity contribution in [3.8, 4) is 0 Å². The van der Waals surface area contributed by atoms with Crippen LogP contribution in [0.5, 0.6) is 0 Å². The van der Waals surface area contributed by atoms with Crippen LogP contribution in [0.3, 0.4) is 0 Å². The van der Waals surface area contributed by atoms with Crippen molar-refractivity contribution in [3.63, 3.8) is 0 Å². The molecule has 1 atom stereocenters. The highest BCUT2D eigenvalue weighted by Crippen LogP contribution is 2.25. The molecule has 0 bridgehead atoms. The highest BCUT2D eigenvalue weighted by atomic mass is 32.1. The average molecular weight is 283 g/mol. The summed E-state index contributed by atoms with van der Waals surface area (Å²) >= 11 is 1.43. The number of halogens is 2. The van der Waals surface area contributed by atoms with E-state index in [2.05, 4.69) is 9.69 Å². The van der Waals surface area contributed by atoms with E-state index in [0.29, 0.717) is 19.6 Å². The molecule has 1 aliphatic rings. The van der Waals surface area contributed by atoms with Crippen LogP contribution in [0.1, 0.15) is 5.69 Å². The first-order valence-corrected chi connectivity index (χ1v) is 7.09. The van der Waals surface area contributed by atoms with E-state index < -0.39 is 12.5 Å². The molecule has 0 spiro atoms. The highest BCUT2D eigenvalue weighted by Gasteiger charge is 2.30. The molecule has 1 unspecified atom stereocenters. The molecule has 2 heterocycles. The third-order valence-electron chi connectivity index (χ3n) is 3.49. The van der Waals surface area contributed by atoms with Gasteiger partial charge in [-0.25, -0.2) is 8.78 Å². The molecule has 1 saturated heterocycles. The van der Waals surface area contributed by atoms with Gasteiger partial charge in [-0.15, -0.1) is 0 Å². The lowest BCUT2D eigenvalue weighted by Crippen LogP contribution is -2.53. The number of nitrogens with zero attached hydrogens (tertiary/aromatic N) is 2. The summed E-state index contributed by atoms with van der Waals surface area (Å²) in [7, 11) is 0. The van der Waals surface area contributed by atoms with Gasteiger partial charge >= 0.3 is 0 Å². The molecule has 6 heteroatoms. The van der Waals surface area contributed by atoms with Gasteiger partial charge in [-0.2, -0.15) is 4.37 Å². The summed E-state index contributed by atoms with van der Waals surface area (Å²) in [5, 5.41) is 4.11. The van der Waals surface area contributed by atoms with Crippen molar-refractivity contribution >= 4 is 21.6 Å². The molecule has 0 aliphatic carbocycles. The van der Waals surface area contributed by atoms with Gasteiger partial charge in [0.2, 0.25) is 0 Å². The minimum atomic E-state index is -2.32. The van der Waals surface area contributed by atoms with Gasteiger partial charge in [-0.1, -0.05) is 18.2 Å². The molecule has 1 fully saturated rings. The quantitative estimate of drug-likeness (QED) is 0.937. The van der Waals surface area contributed by atoms with E-state index in [1.807, 2.05) is 29.2 Å². The maximum Gasteiger partial charge on any atom is 0.255 e. The Hall–Kier alpha value is -1.11.